The van der Waals surface area contributed by atoms with Crippen LogP contribution in [0.15, 0.2) is 36.4 Å². The highest BCUT2D eigenvalue weighted by atomic mass is 35.5. The van der Waals surface area contributed by atoms with Crippen LogP contribution in [0.2, 0.25) is 5.02 Å². The molecule has 2 nitrogen and oxygen atoms in total. The van der Waals surface area contributed by atoms with Gasteiger partial charge in [0.1, 0.15) is 0 Å². The van der Waals surface area contributed by atoms with Gasteiger partial charge >= 0.3 is 0 Å². The van der Waals surface area contributed by atoms with Crippen LogP contribution in [0.25, 0.3) is 10.8 Å². The average molecular weight is 249 g/mol. The molecule has 0 bridgehead atoms. The normalized spacial score (nSPS) is 18.7. The van der Waals surface area contributed by atoms with E-state index in [0.29, 0.717) is 18.2 Å². The molecule has 0 saturated carbocycles. The van der Waals surface area contributed by atoms with Crippen molar-refractivity contribution in [3.63, 3.8) is 0 Å². The van der Waals surface area contributed by atoms with Gasteiger partial charge in [0.05, 0.1) is 18.2 Å². The molecular weight excluding hydrogens is 236 g/mol. The van der Waals surface area contributed by atoms with Crippen LogP contribution < -0.4 is 0 Å². The summed E-state index contributed by atoms with van der Waals surface area (Å²) < 4.78 is 11.3. The molecule has 1 saturated heterocycles. The second-order valence-corrected chi connectivity index (χ2v) is 4.67. The molecule has 88 valence electrons. The van der Waals surface area contributed by atoms with Gasteiger partial charge < -0.3 is 9.47 Å². The number of halogens is 1. The number of benzene rings is 2. The van der Waals surface area contributed by atoms with Crippen LogP contribution in [-0.4, -0.2) is 13.2 Å². The quantitative estimate of drug-likeness (QED) is 0.766. The van der Waals surface area contributed by atoms with E-state index in [1.54, 1.807) is 0 Å². The maximum atomic E-state index is 6.45. The van der Waals surface area contributed by atoms with E-state index in [0.717, 1.165) is 16.3 Å². The molecule has 1 aliphatic rings. The Morgan fingerprint density at radius 1 is 1.06 bits per heavy atom. The van der Waals surface area contributed by atoms with Crippen LogP contribution >= 0.6 is 11.6 Å². The van der Waals surface area contributed by atoms with Crippen LogP contribution in [0.4, 0.5) is 0 Å². The SMILES string of the molecule is CC1(c2ccc3ccccc3c2Cl)OCCO1. The van der Waals surface area contributed by atoms with Gasteiger partial charge in [-0.1, -0.05) is 48.0 Å². The van der Waals surface area contributed by atoms with Crippen molar-refractivity contribution in [3.8, 4) is 0 Å². The summed E-state index contributed by atoms with van der Waals surface area (Å²) in [4.78, 5) is 0. The highest BCUT2D eigenvalue weighted by molar-refractivity contribution is 6.36. The summed E-state index contributed by atoms with van der Waals surface area (Å²) in [6, 6.07) is 12.1. The lowest BCUT2D eigenvalue weighted by Gasteiger charge is -2.24. The smallest absolute Gasteiger partial charge is 0.193 e. The predicted molar refractivity (Wildman–Crippen MR) is 68.2 cm³/mol. The van der Waals surface area contributed by atoms with E-state index >= 15 is 0 Å². The Kier molecular flexibility index (Phi) is 2.58. The molecule has 1 heterocycles. The molecule has 1 fully saturated rings. The molecule has 0 spiro atoms. The van der Waals surface area contributed by atoms with Crippen molar-refractivity contribution in [2.24, 2.45) is 0 Å². The van der Waals surface area contributed by atoms with Gasteiger partial charge in [0.2, 0.25) is 0 Å². The molecule has 3 heteroatoms. The van der Waals surface area contributed by atoms with E-state index in [1.807, 2.05) is 43.3 Å². The zero-order chi connectivity index (χ0) is 11.9. The summed E-state index contributed by atoms with van der Waals surface area (Å²) in [5, 5.41) is 2.88. The summed E-state index contributed by atoms with van der Waals surface area (Å²) in [6.07, 6.45) is 0. The third kappa shape index (κ3) is 1.73. The Balaban J connectivity index is 2.21. The van der Waals surface area contributed by atoms with E-state index in [1.165, 1.54) is 0 Å². The van der Waals surface area contributed by atoms with Gasteiger partial charge in [-0.2, -0.15) is 0 Å². The summed E-state index contributed by atoms with van der Waals surface area (Å²) in [5.41, 5.74) is 0.898. The van der Waals surface area contributed by atoms with Crippen LogP contribution in [0.5, 0.6) is 0 Å². The van der Waals surface area contributed by atoms with Crippen LogP contribution in [0.1, 0.15) is 12.5 Å². The van der Waals surface area contributed by atoms with E-state index in [-0.39, 0.29) is 0 Å². The fraction of sp³-hybridized carbons (Fsp3) is 0.286. The first kappa shape index (κ1) is 11.0. The first-order valence-corrected chi connectivity index (χ1v) is 6.04. The maximum Gasteiger partial charge on any atom is 0.193 e. The number of ether oxygens (including phenoxy) is 2. The predicted octanol–water partition coefficient (Wildman–Crippen LogP) is 3.71. The Morgan fingerprint density at radius 2 is 1.76 bits per heavy atom. The minimum Gasteiger partial charge on any atom is -0.344 e. The van der Waals surface area contributed by atoms with E-state index in [4.69, 9.17) is 21.1 Å². The second-order valence-electron chi connectivity index (χ2n) is 4.29. The minimum atomic E-state index is -0.707. The van der Waals surface area contributed by atoms with Crippen LogP contribution in [0.3, 0.4) is 0 Å². The lowest BCUT2D eigenvalue weighted by atomic mass is 10.0. The fourth-order valence-corrected chi connectivity index (χ4v) is 2.66. The lowest BCUT2D eigenvalue weighted by molar-refractivity contribution is -0.149. The third-order valence-corrected chi connectivity index (χ3v) is 3.60. The van der Waals surface area contributed by atoms with Crippen molar-refractivity contribution >= 4 is 22.4 Å². The molecule has 1 aliphatic heterocycles. The first-order valence-electron chi connectivity index (χ1n) is 5.66. The Labute approximate surface area is 105 Å². The van der Waals surface area contributed by atoms with Crippen molar-refractivity contribution in [1.82, 2.24) is 0 Å². The van der Waals surface area contributed by atoms with Crippen molar-refractivity contribution in [2.45, 2.75) is 12.7 Å². The number of rotatable bonds is 1. The largest absolute Gasteiger partial charge is 0.344 e. The number of fused-ring (bicyclic) bond motifs is 1. The molecule has 0 aromatic heterocycles. The van der Waals surface area contributed by atoms with Gasteiger partial charge in [0, 0.05) is 10.9 Å². The molecule has 0 radical (unpaired) electrons. The highest BCUT2D eigenvalue weighted by Crippen LogP contribution is 2.38. The Hall–Kier alpha value is -1.09. The van der Waals surface area contributed by atoms with Gasteiger partial charge in [0.25, 0.3) is 0 Å². The Morgan fingerprint density at radius 3 is 2.53 bits per heavy atom. The topological polar surface area (TPSA) is 18.5 Å². The summed E-state index contributed by atoms with van der Waals surface area (Å²) >= 11 is 6.45. The molecule has 2 aromatic rings. The van der Waals surface area contributed by atoms with E-state index in [2.05, 4.69) is 0 Å². The van der Waals surface area contributed by atoms with Crippen LogP contribution in [-0.2, 0) is 15.3 Å². The number of hydrogen-bond acceptors (Lipinski definition) is 2. The van der Waals surface area contributed by atoms with Gasteiger partial charge in [-0.15, -0.1) is 0 Å². The highest BCUT2D eigenvalue weighted by Gasteiger charge is 2.35. The van der Waals surface area contributed by atoms with Gasteiger partial charge in [-0.05, 0) is 12.3 Å². The fourth-order valence-electron chi connectivity index (χ4n) is 2.25. The summed E-state index contributed by atoms with van der Waals surface area (Å²) in [5.74, 6) is -0.707. The van der Waals surface area contributed by atoms with Crippen molar-refractivity contribution in [2.75, 3.05) is 13.2 Å². The van der Waals surface area contributed by atoms with Crippen LogP contribution in [0, 0.1) is 0 Å². The second kappa shape index (κ2) is 3.98. The molecule has 3 rings (SSSR count). The van der Waals surface area contributed by atoms with E-state index < -0.39 is 5.79 Å². The number of hydrogen-bond donors (Lipinski definition) is 0. The van der Waals surface area contributed by atoms with Crippen molar-refractivity contribution in [1.29, 1.82) is 0 Å². The molecule has 0 amide bonds. The lowest BCUT2D eigenvalue weighted by Crippen LogP contribution is -2.22. The zero-order valence-electron chi connectivity index (χ0n) is 9.57. The standard InChI is InChI=1S/C14H13ClO2/c1-14(16-8-9-17-14)12-7-6-10-4-2-3-5-11(10)13(12)15/h2-7H,8-9H2,1H3. The molecule has 2 aromatic carbocycles. The summed E-state index contributed by atoms with van der Waals surface area (Å²) in [6.45, 7) is 3.13. The minimum absolute atomic E-state index is 0.611. The first-order chi connectivity index (χ1) is 8.21. The van der Waals surface area contributed by atoms with Gasteiger partial charge in [-0.25, -0.2) is 0 Å². The monoisotopic (exact) mass is 248 g/mol. The van der Waals surface area contributed by atoms with Crippen molar-refractivity contribution in [3.05, 3.63) is 47.0 Å². The van der Waals surface area contributed by atoms with E-state index in [9.17, 15) is 0 Å². The maximum absolute atomic E-state index is 6.45. The third-order valence-electron chi connectivity index (χ3n) is 3.19. The molecule has 0 atom stereocenters. The molecule has 0 aliphatic carbocycles. The average Bonchev–Trinajstić information content (AvgIpc) is 2.78. The van der Waals surface area contributed by atoms with Gasteiger partial charge in [-0.3, -0.25) is 0 Å². The van der Waals surface area contributed by atoms with Crippen molar-refractivity contribution < 1.29 is 9.47 Å². The molecular formula is C14H13ClO2. The zero-order valence-corrected chi connectivity index (χ0v) is 10.3. The molecule has 0 unspecified atom stereocenters. The summed E-state index contributed by atoms with van der Waals surface area (Å²) in [7, 11) is 0. The van der Waals surface area contributed by atoms with Gasteiger partial charge in [0.15, 0.2) is 5.79 Å². The Bertz CT molecular complexity index is 559. The molecule has 17 heavy (non-hydrogen) atoms. The molecule has 0 N–H and O–H groups in total.